The standard InChI is InChI=1S/C27H35ClN2O7/c1-6-21(16-29)36-26(33)35-18(3)34-25(32)27(4,5)37-22-10-7-19(8-11-22)13-14-30-24(31)20-9-12-23(28)17(2)15-20/h7-12,15,18,21H,6,13-14,16,29H2,1-5H3,(H,30,31). The van der Waals surface area contributed by atoms with Crippen molar-refractivity contribution in [1.82, 2.24) is 5.32 Å². The summed E-state index contributed by atoms with van der Waals surface area (Å²) in [6, 6.07) is 12.3. The molecule has 202 valence electrons. The van der Waals surface area contributed by atoms with E-state index in [4.69, 9.17) is 36.3 Å². The predicted octanol–water partition coefficient (Wildman–Crippen LogP) is 4.56. The van der Waals surface area contributed by atoms with Gasteiger partial charge in [-0.2, -0.15) is 0 Å². The van der Waals surface area contributed by atoms with Crippen molar-refractivity contribution >= 4 is 29.6 Å². The summed E-state index contributed by atoms with van der Waals surface area (Å²) in [5.74, 6) is -0.438. The number of esters is 1. The van der Waals surface area contributed by atoms with Crippen LogP contribution in [0.15, 0.2) is 42.5 Å². The van der Waals surface area contributed by atoms with Crippen LogP contribution in [-0.2, 0) is 25.4 Å². The van der Waals surface area contributed by atoms with Crippen molar-refractivity contribution in [1.29, 1.82) is 0 Å². The van der Waals surface area contributed by atoms with Crippen molar-refractivity contribution < 1.29 is 33.3 Å². The van der Waals surface area contributed by atoms with Crippen LogP contribution in [0.1, 0.15) is 55.6 Å². The molecule has 2 aromatic carbocycles. The third-order valence-corrected chi connectivity index (χ3v) is 5.85. The first-order chi connectivity index (χ1) is 17.4. The fourth-order valence-electron chi connectivity index (χ4n) is 3.18. The van der Waals surface area contributed by atoms with Crippen LogP contribution in [0.3, 0.4) is 0 Å². The Morgan fingerprint density at radius 2 is 1.73 bits per heavy atom. The highest BCUT2D eigenvalue weighted by molar-refractivity contribution is 6.31. The molecule has 10 heteroatoms. The second kappa shape index (κ2) is 13.9. The topological polar surface area (TPSA) is 126 Å². The lowest BCUT2D eigenvalue weighted by molar-refractivity contribution is -0.183. The predicted molar refractivity (Wildman–Crippen MR) is 140 cm³/mol. The van der Waals surface area contributed by atoms with Crippen molar-refractivity contribution in [3.05, 3.63) is 64.2 Å². The van der Waals surface area contributed by atoms with Gasteiger partial charge in [-0.1, -0.05) is 30.7 Å². The van der Waals surface area contributed by atoms with Gasteiger partial charge in [-0.05, 0) is 75.1 Å². The third kappa shape index (κ3) is 9.59. The van der Waals surface area contributed by atoms with Crippen molar-refractivity contribution in [2.45, 2.75) is 65.5 Å². The number of rotatable bonds is 12. The monoisotopic (exact) mass is 534 g/mol. The molecule has 37 heavy (non-hydrogen) atoms. The van der Waals surface area contributed by atoms with Crippen LogP contribution >= 0.6 is 11.6 Å². The molecule has 2 unspecified atom stereocenters. The fourth-order valence-corrected chi connectivity index (χ4v) is 3.30. The molecule has 0 aliphatic heterocycles. The number of hydrogen-bond donors (Lipinski definition) is 2. The van der Waals surface area contributed by atoms with E-state index < -0.39 is 30.1 Å². The summed E-state index contributed by atoms with van der Waals surface area (Å²) in [7, 11) is 0. The van der Waals surface area contributed by atoms with E-state index in [2.05, 4.69) is 5.32 Å². The Morgan fingerprint density at radius 1 is 1.05 bits per heavy atom. The molecule has 0 fully saturated rings. The second-order valence-electron chi connectivity index (χ2n) is 8.95. The van der Waals surface area contributed by atoms with E-state index >= 15 is 0 Å². The number of nitrogens with two attached hydrogens (primary N) is 1. The molecule has 0 aromatic heterocycles. The van der Waals surface area contributed by atoms with Crippen LogP contribution in [0.2, 0.25) is 5.02 Å². The Hall–Kier alpha value is -3.30. The SMILES string of the molecule is CCC(CN)OC(=O)OC(C)OC(=O)C(C)(C)Oc1ccc(CCNC(=O)c2ccc(Cl)c(C)c2)cc1. The summed E-state index contributed by atoms with van der Waals surface area (Å²) in [4.78, 5) is 36.7. The van der Waals surface area contributed by atoms with Gasteiger partial charge < -0.3 is 30.0 Å². The van der Waals surface area contributed by atoms with Crippen molar-refractivity contribution in [2.24, 2.45) is 5.73 Å². The number of benzene rings is 2. The number of amides is 1. The maximum Gasteiger partial charge on any atom is 0.511 e. The summed E-state index contributed by atoms with van der Waals surface area (Å²) in [5, 5.41) is 3.50. The molecule has 9 nitrogen and oxygen atoms in total. The van der Waals surface area contributed by atoms with Gasteiger partial charge in [0.1, 0.15) is 11.9 Å². The Morgan fingerprint density at radius 3 is 2.32 bits per heavy atom. The highest BCUT2D eigenvalue weighted by atomic mass is 35.5. The molecular weight excluding hydrogens is 500 g/mol. The van der Waals surface area contributed by atoms with Gasteiger partial charge in [0.05, 0.1) is 0 Å². The molecule has 2 atom stereocenters. The van der Waals surface area contributed by atoms with Crippen molar-refractivity contribution in [2.75, 3.05) is 13.1 Å². The number of ether oxygens (including phenoxy) is 4. The highest BCUT2D eigenvalue weighted by Crippen LogP contribution is 2.21. The first-order valence-corrected chi connectivity index (χ1v) is 12.4. The van der Waals surface area contributed by atoms with Gasteiger partial charge in [0, 0.05) is 30.6 Å². The van der Waals surface area contributed by atoms with Gasteiger partial charge in [0.2, 0.25) is 6.29 Å². The number of carbonyl (C=O) groups excluding carboxylic acids is 3. The van der Waals surface area contributed by atoms with E-state index in [0.717, 1.165) is 11.1 Å². The normalized spacial score (nSPS) is 12.7. The molecule has 0 spiro atoms. The number of nitrogens with one attached hydrogen (secondary N) is 1. The average molecular weight is 535 g/mol. The van der Waals surface area contributed by atoms with Gasteiger partial charge in [0.25, 0.3) is 5.91 Å². The van der Waals surface area contributed by atoms with E-state index in [1.54, 1.807) is 44.2 Å². The zero-order chi connectivity index (χ0) is 27.6. The zero-order valence-corrected chi connectivity index (χ0v) is 22.6. The van der Waals surface area contributed by atoms with Gasteiger partial charge in [-0.25, -0.2) is 9.59 Å². The van der Waals surface area contributed by atoms with Crippen LogP contribution in [0.5, 0.6) is 5.75 Å². The summed E-state index contributed by atoms with van der Waals surface area (Å²) < 4.78 is 21.0. The van der Waals surface area contributed by atoms with Crippen molar-refractivity contribution in [3.8, 4) is 5.75 Å². The molecule has 0 bridgehead atoms. The minimum absolute atomic E-state index is 0.164. The molecule has 0 saturated carbocycles. The van der Waals surface area contributed by atoms with Crippen molar-refractivity contribution in [3.63, 3.8) is 0 Å². The lowest BCUT2D eigenvalue weighted by Gasteiger charge is -2.26. The van der Waals surface area contributed by atoms with E-state index in [0.29, 0.717) is 35.7 Å². The highest BCUT2D eigenvalue weighted by Gasteiger charge is 2.34. The molecule has 0 aliphatic rings. The summed E-state index contributed by atoms with van der Waals surface area (Å²) >= 11 is 6.01. The van der Waals surface area contributed by atoms with Gasteiger partial charge in [0.15, 0.2) is 5.60 Å². The van der Waals surface area contributed by atoms with Gasteiger partial charge in [-0.3, -0.25) is 4.79 Å². The lowest BCUT2D eigenvalue weighted by atomic mass is 10.1. The molecule has 2 rings (SSSR count). The lowest BCUT2D eigenvalue weighted by Crippen LogP contribution is -2.42. The Balaban J connectivity index is 1.82. The second-order valence-corrected chi connectivity index (χ2v) is 9.36. The average Bonchev–Trinajstić information content (AvgIpc) is 2.84. The number of aryl methyl sites for hydroxylation is 1. The minimum Gasteiger partial charge on any atom is -0.476 e. The number of hydrogen-bond acceptors (Lipinski definition) is 8. The smallest absolute Gasteiger partial charge is 0.476 e. The number of halogens is 1. The molecule has 3 N–H and O–H groups in total. The third-order valence-electron chi connectivity index (χ3n) is 5.42. The van der Waals surface area contributed by atoms with E-state index in [9.17, 15) is 14.4 Å². The Labute approximate surface area is 222 Å². The molecule has 1 amide bonds. The maximum absolute atomic E-state index is 12.6. The minimum atomic E-state index is -1.35. The molecular formula is C27H35ClN2O7. The van der Waals surface area contributed by atoms with E-state index in [1.165, 1.54) is 6.92 Å². The van der Waals surface area contributed by atoms with Crippen LogP contribution in [0.4, 0.5) is 4.79 Å². The van der Waals surface area contributed by atoms with E-state index in [1.807, 2.05) is 26.0 Å². The molecule has 0 saturated heterocycles. The first-order valence-electron chi connectivity index (χ1n) is 12.1. The molecule has 0 aliphatic carbocycles. The van der Waals surface area contributed by atoms with Crippen LogP contribution in [-0.4, -0.2) is 49.1 Å². The summed E-state index contributed by atoms with van der Waals surface area (Å²) in [5.41, 5.74) is 6.51. The van der Waals surface area contributed by atoms with E-state index in [-0.39, 0.29) is 12.5 Å². The van der Waals surface area contributed by atoms with Gasteiger partial charge >= 0.3 is 12.1 Å². The first kappa shape index (κ1) is 29.9. The largest absolute Gasteiger partial charge is 0.511 e. The fraction of sp³-hybridized carbons (Fsp3) is 0.444. The maximum atomic E-state index is 12.6. The van der Waals surface area contributed by atoms with Gasteiger partial charge in [-0.15, -0.1) is 0 Å². The molecule has 2 aromatic rings. The Bertz CT molecular complexity index is 1070. The quantitative estimate of drug-likeness (QED) is 0.300. The summed E-state index contributed by atoms with van der Waals surface area (Å²) in [6.45, 7) is 8.77. The van der Waals surface area contributed by atoms with Crippen LogP contribution in [0, 0.1) is 6.92 Å². The summed E-state index contributed by atoms with van der Waals surface area (Å²) in [6.07, 6.45) is -1.46. The zero-order valence-electron chi connectivity index (χ0n) is 21.8. The Kier molecular flexibility index (Phi) is 11.2. The van der Waals surface area contributed by atoms with Crippen LogP contribution < -0.4 is 15.8 Å². The molecule has 0 radical (unpaired) electrons. The molecule has 0 heterocycles. The van der Waals surface area contributed by atoms with Crippen LogP contribution in [0.25, 0.3) is 0 Å². The number of carbonyl (C=O) groups is 3.